The molecule has 0 radical (unpaired) electrons. The van der Waals surface area contributed by atoms with E-state index in [2.05, 4.69) is 158 Å². The van der Waals surface area contributed by atoms with Gasteiger partial charge in [-0.1, -0.05) is 117 Å². The minimum absolute atomic E-state index is 0.0539. The van der Waals surface area contributed by atoms with E-state index in [1.165, 1.54) is 75.3 Å². The van der Waals surface area contributed by atoms with Crippen molar-refractivity contribution in [2.24, 2.45) is 0 Å². The lowest BCUT2D eigenvalue weighted by Gasteiger charge is -2.29. The van der Waals surface area contributed by atoms with Crippen LogP contribution in [0.2, 0.25) is 0 Å². The van der Waals surface area contributed by atoms with Gasteiger partial charge in [-0.2, -0.15) is 0 Å². The second-order valence-corrected chi connectivity index (χ2v) is 13.2. The topological polar surface area (TPSA) is 3.24 Å². The van der Waals surface area contributed by atoms with Gasteiger partial charge in [0.05, 0.1) is 5.69 Å². The summed E-state index contributed by atoms with van der Waals surface area (Å²) in [5.74, 6) is 0. The molecule has 8 aromatic rings. The molecule has 1 aliphatic carbocycles. The Morgan fingerprint density at radius 3 is 2.19 bits per heavy atom. The molecule has 1 aromatic heterocycles. The van der Waals surface area contributed by atoms with Crippen molar-refractivity contribution in [1.29, 1.82) is 0 Å². The number of fused-ring (bicyclic) bond motifs is 10. The van der Waals surface area contributed by atoms with Gasteiger partial charge in [0.2, 0.25) is 0 Å². The maximum atomic E-state index is 2.45. The van der Waals surface area contributed by atoms with E-state index in [0.29, 0.717) is 0 Å². The van der Waals surface area contributed by atoms with Crippen molar-refractivity contribution in [2.75, 3.05) is 4.90 Å². The first-order valence-electron chi connectivity index (χ1n) is 14.9. The van der Waals surface area contributed by atoms with Gasteiger partial charge in [-0.15, -0.1) is 11.3 Å². The van der Waals surface area contributed by atoms with Gasteiger partial charge in [-0.25, -0.2) is 0 Å². The van der Waals surface area contributed by atoms with E-state index in [1.807, 2.05) is 11.3 Å². The molecule has 0 saturated heterocycles. The van der Waals surface area contributed by atoms with Gasteiger partial charge in [0, 0.05) is 47.9 Å². The second-order valence-electron chi connectivity index (χ2n) is 12.2. The van der Waals surface area contributed by atoms with Gasteiger partial charge in [0.1, 0.15) is 0 Å². The van der Waals surface area contributed by atoms with Crippen LogP contribution in [0, 0.1) is 0 Å². The molecular weight excluding hydrogens is 539 g/mol. The lowest BCUT2D eigenvalue weighted by Crippen LogP contribution is -2.16. The van der Waals surface area contributed by atoms with Crippen molar-refractivity contribution in [1.82, 2.24) is 0 Å². The first-order chi connectivity index (χ1) is 21.1. The zero-order valence-corrected chi connectivity index (χ0v) is 25.0. The highest BCUT2D eigenvalue weighted by Crippen LogP contribution is 2.54. The van der Waals surface area contributed by atoms with Gasteiger partial charge in [0.25, 0.3) is 0 Å². The summed E-state index contributed by atoms with van der Waals surface area (Å²) in [6.07, 6.45) is 0. The fourth-order valence-electron chi connectivity index (χ4n) is 7.37. The number of para-hydroxylation sites is 1. The van der Waals surface area contributed by atoms with Crippen molar-refractivity contribution in [3.8, 4) is 11.1 Å². The molecule has 43 heavy (non-hydrogen) atoms. The van der Waals surface area contributed by atoms with E-state index in [1.54, 1.807) is 0 Å². The Morgan fingerprint density at radius 1 is 0.535 bits per heavy atom. The highest BCUT2D eigenvalue weighted by atomic mass is 32.1. The average Bonchev–Trinajstić information content (AvgIpc) is 3.54. The maximum Gasteiger partial charge on any atom is 0.0543 e. The molecule has 9 rings (SSSR count). The highest BCUT2D eigenvalue weighted by Gasteiger charge is 2.37. The summed E-state index contributed by atoms with van der Waals surface area (Å²) in [5, 5.41) is 7.90. The van der Waals surface area contributed by atoms with E-state index in [4.69, 9.17) is 0 Å². The number of benzene rings is 7. The van der Waals surface area contributed by atoms with Crippen LogP contribution in [-0.2, 0) is 5.41 Å². The van der Waals surface area contributed by atoms with E-state index in [-0.39, 0.29) is 5.41 Å². The predicted molar refractivity (Wildman–Crippen MR) is 187 cm³/mol. The Hall–Kier alpha value is -4.92. The SMILES string of the molecule is CC1(C)c2ccccc2-c2c(N(c3ccccc3)c3ccc4sc5c(ccc6ccc7ccccc7c65)c4c3)cccc21. The van der Waals surface area contributed by atoms with Gasteiger partial charge in [-0.3, -0.25) is 0 Å². The van der Waals surface area contributed by atoms with Crippen LogP contribution in [0.3, 0.4) is 0 Å². The van der Waals surface area contributed by atoms with Gasteiger partial charge in [0.15, 0.2) is 0 Å². The van der Waals surface area contributed by atoms with Gasteiger partial charge >= 0.3 is 0 Å². The minimum atomic E-state index is -0.0539. The first-order valence-corrected chi connectivity index (χ1v) is 15.8. The van der Waals surface area contributed by atoms with Crippen LogP contribution in [0.4, 0.5) is 17.1 Å². The van der Waals surface area contributed by atoms with Crippen LogP contribution in [0.1, 0.15) is 25.0 Å². The number of hydrogen-bond acceptors (Lipinski definition) is 2. The Kier molecular flexibility index (Phi) is 5.18. The van der Waals surface area contributed by atoms with Crippen molar-refractivity contribution < 1.29 is 0 Å². The zero-order valence-electron chi connectivity index (χ0n) is 24.1. The quantitative estimate of drug-likeness (QED) is 0.192. The lowest BCUT2D eigenvalue weighted by molar-refractivity contribution is 0.660. The number of thiophene rings is 1. The third-order valence-electron chi connectivity index (χ3n) is 9.43. The molecule has 7 aromatic carbocycles. The van der Waals surface area contributed by atoms with Crippen LogP contribution in [0.15, 0.2) is 140 Å². The molecular formula is C41H29NS. The standard InChI is InChI=1S/C41H29NS/c1-41(2)34-16-9-8-15-32(34)39-35(41)17-10-18-36(39)42(28-12-4-3-5-13-28)29-22-24-37-33(25-29)31-23-21-27-20-19-26-11-6-7-14-30(26)38(27)40(31)43-37/h3-25H,1-2H3. The van der Waals surface area contributed by atoms with Crippen LogP contribution < -0.4 is 4.90 Å². The summed E-state index contributed by atoms with van der Waals surface area (Å²) in [5.41, 5.74) is 8.94. The highest BCUT2D eigenvalue weighted by molar-refractivity contribution is 7.26. The van der Waals surface area contributed by atoms with Crippen LogP contribution in [0.25, 0.3) is 52.8 Å². The lowest BCUT2D eigenvalue weighted by atomic mass is 9.82. The predicted octanol–water partition coefficient (Wildman–Crippen LogP) is 12.1. The molecule has 1 heterocycles. The van der Waals surface area contributed by atoms with Gasteiger partial charge in [-0.05, 0) is 69.2 Å². The smallest absolute Gasteiger partial charge is 0.0543 e. The van der Waals surface area contributed by atoms with Crippen molar-refractivity contribution in [2.45, 2.75) is 19.3 Å². The molecule has 0 aliphatic heterocycles. The normalized spacial score (nSPS) is 13.5. The summed E-state index contributed by atoms with van der Waals surface area (Å²) >= 11 is 1.91. The maximum absolute atomic E-state index is 2.45. The largest absolute Gasteiger partial charge is 0.310 e. The van der Waals surface area contributed by atoms with E-state index in [9.17, 15) is 0 Å². The molecule has 1 nitrogen and oxygen atoms in total. The third-order valence-corrected chi connectivity index (χ3v) is 10.6. The van der Waals surface area contributed by atoms with Crippen molar-refractivity contribution in [3.63, 3.8) is 0 Å². The number of rotatable bonds is 3. The summed E-state index contributed by atoms with van der Waals surface area (Å²) in [7, 11) is 0. The number of nitrogens with zero attached hydrogens (tertiary/aromatic N) is 1. The fraction of sp³-hybridized carbons (Fsp3) is 0.0732. The Morgan fingerprint density at radius 2 is 1.28 bits per heavy atom. The Labute approximate surface area is 255 Å². The summed E-state index contributed by atoms with van der Waals surface area (Å²) < 4.78 is 2.68. The first kappa shape index (κ1) is 24.7. The molecule has 204 valence electrons. The Bertz CT molecular complexity index is 2380. The zero-order chi connectivity index (χ0) is 28.7. The second kappa shape index (κ2) is 9.04. The Balaban J connectivity index is 1.32. The molecule has 0 saturated carbocycles. The summed E-state index contributed by atoms with van der Waals surface area (Å²) in [6, 6.07) is 51.5. The van der Waals surface area contributed by atoms with Crippen molar-refractivity contribution in [3.05, 3.63) is 151 Å². The van der Waals surface area contributed by atoms with Crippen LogP contribution in [0.5, 0.6) is 0 Å². The van der Waals surface area contributed by atoms with E-state index < -0.39 is 0 Å². The van der Waals surface area contributed by atoms with Gasteiger partial charge < -0.3 is 4.90 Å². The molecule has 0 fully saturated rings. The molecule has 0 unspecified atom stereocenters. The van der Waals surface area contributed by atoms with Crippen molar-refractivity contribution >= 4 is 70.1 Å². The number of hydrogen-bond donors (Lipinski definition) is 0. The monoisotopic (exact) mass is 567 g/mol. The molecule has 1 aliphatic rings. The van der Waals surface area contributed by atoms with Crippen LogP contribution in [-0.4, -0.2) is 0 Å². The number of anilines is 3. The third kappa shape index (κ3) is 3.51. The molecule has 0 bridgehead atoms. The van der Waals surface area contributed by atoms with E-state index in [0.717, 1.165) is 5.69 Å². The molecule has 0 spiro atoms. The van der Waals surface area contributed by atoms with E-state index >= 15 is 0 Å². The summed E-state index contributed by atoms with van der Waals surface area (Å²) in [4.78, 5) is 2.45. The fourth-order valence-corrected chi connectivity index (χ4v) is 8.63. The summed E-state index contributed by atoms with van der Waals surface area (Å²) in [6.45, 7) is 4.71. The van der Waals surface area contributed by atoms with Crippen LogP contribution >= 0.6 is 11.3 Å². The average molecular weight is 568 g/mol. The minimum Gasteiger partial charge on any atom is -0.310 e. The molecule has 0 N–H and O–H groups in total. The molecule has 0 atom stereocenters. The molecule has 0 amide bonds. The molecule has 2 heteroatoms.